The first kappa shape index (κ1) is 12.5. The van der Waals surface area contributed by atoms with Crippen LogP contribution >= 0.6 is 0 Å². The molecule has 1 atom stereocenters. The summed E-state index contributed by atoms with van der Waals surface area (Å²) in [6, 6.07) is 4.56. The molecule has 19 heavy (non-hydrogen) atoms. The van der Waals surface area contributed by atoms with Gasteiger partial charge < -0.3 is 20.1 Å². The maximum Gasteiger partial charge on any atom is 0.163 e. The molecule has 3 rings (SSSR count). The summed E-state index contributed by atoms with van der Waals surface area (Å²) >= 11 is 0. The maximum absolute atomic E-state index is 6.22. The van der Waals surface area contributed by atoms with Crippen LogP contribution in [0.3, 0.4) is 0 Å². The Kier molecular flexibility index (Phi) is 3.40. The van der Waals surface area contributed by atoms with Gasteiger partial charge >= 0.3 is 0 Å². The Morgan fingerprint density at radius 2 is 1.95 bits per heavy atom. The Labute approximate surface area is 114 Å². The van der Waals surface area contributed by atoms with Crippen LogP contribution in [-0.2, 0) is 0 Å². The lowest BCUT2D eigenvalue weighted by Crippen LogP contribution is -2.39. The fourth-order valence-corrected chi connectivity index (χ4v) is 3.08. The standard InChI is InChI=1S/C15H22N2O2/c1-2-11-5-3-4-6-17(11)13-10-15-14(9-12(13)16)18-7-8-19-15/h9-11H,2-8,16H2,1H3. The highest BCUT2D eigenvalue weighted by Gasteiger charge is 2.25. The number of anilines is 2. The van der Waals surface area contributed by atoms with E-state index in [2.05, 4.69) is 17.9 Å². The third-order valence-corrected chi connectivity index (χ3v) is 4.10. The Morgan fingerprint density at radius 3 is 2.68 bits per heavy atom. The molecule has 0 radical (unpaired) electrons. The van der Waals surface area contributed by atoms with Crippen molar-refractivity contribution in [2.45, 2.75) is 38.6 Å². The summed E-state index contributed by atoms with van der Waals surface area (Å²) in [7, 11) is 0. The van der Waals surface area contributed by atoms with Gasteiger partial charge in [0.2, 0.25) is 0 Å². The van der Waals surface area contributed by atoms with E-state index >= 15 is 0 Å². The Balaban J connectivity index is 1.94. The fraction of sp³-hybridized carbons (Fsp3) is 0.600. The molecule has 104 valence electrons. The highest BCUT2D eigenvalue weighted by molar-refractivity contribution is 5.73. The Bertz CT molecular complexity index is 462. The average Bonchev–Trinajstić information content (AvgIpc) is 2.46. The van der Waals surface area contributed by atoms with Crippen molar-refractivity contribution < 1.29 is 9.47 Å². The SMILES string of the molecule is CCC1CCCCN1c1cc2c(cc1N)OCCO2. The van der Waals surface area contributed by atoms with Gasteiger partial charge in [-0.3, -0.25) is 0 Å². The van der Waals surface area contributed by atoms with E-state index in [1.807, 2.05) is 6.07 Å². The molecular formula is C15H22N2O2. The molecular weight excluding hydrogens is 240 g/mol. The van der Waals surface area contributed by atoms with Gasteiger partial charge in [-0.05, 0) is 25.7 Å². The van der Waals surface area contributed by atoms with Gasteiger partial charge in [0.1, 0.15) is 13.2 Å². The van der Waals surface area contributed by atoms with Crippen molar-refractivity contribution >= 4 is 11.4 Å². The van der Waals surface area contributed by atoms with Crippen LogP contribution in [0, 0.1) is 0 Å². The Morgan fingerprint density at radius 1 is 1.21 bits per heavy atom. The fourth-order valence-electron chi connectivity index (χ4n) is 3.08. The second kappa shape index (κ2) is 5.19. The molecule has 0 saturated carbocycles. The lowest BCUT2D eigenvalue weighted by molar-refractivity contribution is 0.171. The van der Waals surface area contributed by atoms with E-state index in [9.17, 15) is 0 Å². The summed E-state index contributed by atoms with van der Waals surface area (Å²) in [6.07, 6.45) is 4.97. The minimum Gasteiger partial charge on any atom is -0.486 e. The molecule has 0 spiro atoms. The van der Waals surface area contributed by atoms with Gasteiger partial charge in [-0.15, -0.1) is 0 Å². The van der Waals surface area contributed by atoms with Gasteiger partial charge in [-0.2, -0.15) is 0 Å². The van der Waals surface area contributed by atoms with E-state index in [4.69, 9.17) is 15.2 Å². The molecule has 2 aliphatic heterocycles. The van der Waals surface area contributed by atoms with E-state index in [1.54, 1.807) is 0 Å². The van der Waals surface area contributed by atoms with E-state index in [0.29, 0.717) is 19.3 Å². The molecule has 2 heterocycles. The molecule has 1 fully saturated rings. The van der Waals surface area contributed by atoms with E-state index in [1.165, 1.54) is 19.3 Å². The number of nitrogen functional groups attached to an aromatic ring is 1. The van der Waals surface area contributed by atoms with Crippen molar-refractivity contribution in [3.05, 3.63) is 12.1 Å². The van der Waals surface area contributed by atoms with Crippen LogP contribution in [0.2, 0.25) is 0 Å². The van der Waals surface area contributed by atoms with Crippen molar-refractivity contribution in [3.63, 3.8) is 0 Å². The molecule has 1 saturated heterocycles. The molecule has 4 nitrogen and oxygen atoms in total. The molecule has 2 N–H and O–H groups in total. The van der Waals surface area contributed by atoms with Gasteiger partial charge in [0.25, 0.3) is 0 Å². The minimum absolute atomic E-state index is 0.596. The smallest absolute Gasteiger partial charge is 0.163 e. The number of hydrogen-bond acceptors (Lipinski definition) is 4. The number of ether oxygens (including phenoxy) is 2. The monoisotopic (exact) mass is 262 g/mol. The molecule has 0 aliphatic carbocycles. The number of nitrogens with two attached hydrogens (primary N) is 1. The maximum atomic E-state index is 6.22. The lowest BCUT2D eigenvalue weighted by atomic mass is 9.98. The number of rotatable bonds is 2. The molecule has 4 heteroatoms. The van der Waals surface area contributed by atoms with Crippen molar-refractivity contribution in [1.29, 1.82) is 0 Å². The second-order valence-electron chi connectivity index (χ2n) is 5.31. The zero-order valence-electron chi connectivity index (χ0n) is 11.5. The highest BCUT2D eigenvalue weighted by Crippen LogP contribution is 2.40. The van der Waals surface area contributed by atoms with Crippen molar-refractivity contribution in [2.24, 2.45) is 0 Å². The summed E-state index contributed by atoms with van der Waals surface area (Å²) in [5, 5.41) is 0. The first-order valence-electron chi connectivity index (χ1n) is 7.25. The van der Waals surface area contributed by atoms with Gasteiger partial charge in [-0.25, -0.2) is 0 Å². The minimum atomic E-state index is 0.596. The van der Waals surface area contributed by atoms with Gasteiger partial charge in [0.15, 0.2) is 11.5 Å². The second-order valence-corrected chi connectivity index (χ2v) is 5.31. The predicted octanol–water partition coefficient (Wildman–Crippen LogP) is 2.81. The number of piperidine rings is 1. The summed E-state index contributed by atoms with van der Waals surface area (Å²) in [5.41, 5.74) is 8.12. The molecule has 0 aromatic heterocycles. The highest BCUT2D eigenvalue weighted by atomic mass is 16.6. The molecule has 2 aliphatic rings. The molecule has 1 aromatic carbocycles. The topological polar surface area (TPSA) is 47.7 Å². The first-order valence-corrected chi connectivity index (χ1v) is 7.25. The van der Waals surface area contributed by atoms with Crippen LogP contribution in [0.5, 0.6) is 11.5 Å². The average molecular weight is 262 g/mol. The quantitative estimate of drug-likeness (QED) is 0.833. The van der Waals surface area contributed by atoms with Crippen LogP contribution in [0.1, 0.15) is 32.6 Å². The molecule has 1 aromatic rings. The van der Waals surface area contributed by atoms with Crippen LogP contribution < -0.4 is 20.1 Å². The van der Waals surface area contributed by atoms with Gasteiger partial charge in [0, 0.05) is 24.7 Å². The molecule has 1 unspecified atom stereocenters. The van der Waals surface area contributed by atoms with Crippen LogP contribution in [0.15, 0.2) is 12.1 Å². The van der Waals surface area contributed by atoms with Crippen molar-refractivity contribution in [1.82, 2.24) is 0 Å². The zero-order valence-corrected chi connectivity index (χ0v) is 11.5. The van der Waals surface area contributed by atoms with Crippen LogP contribution in [-0.4, -0.2) is 25.8 Å². The predicted molar refractivity (Wildman–Crippen MR) is 77.1 cm³/mol. The lowest BCUT2D eigenvalue weighted by Gasteiger charge is -2.38. The van der Waals surface area contributed by atoms with Crippen molar-refractivity contribution in [3.8, 4) is 11.5 Å². The number of nitrogens with zero attached hydrogens (tertiary/aromatic N) is 1. The number of benzene rings is 1. The third kappa shape index (κ3) is 2.31. The Hall–Kier alpha value is -1.58. The van der Waals surface area contributed by atoms with Crippen LogP contribution in [0.4, 0.5) is 11.4 Å². The zero-order chi connectivity index (χ0) is 13.2. The number of fused-ring (bicyclic) bond motifs is 1. The van der Waals surface area contributed by atoms with Gasteiger partial charge in [-0.1, -0.05) is 6.92 Å². The van der Waals surface area contributed by atoms with E-state index in [-0.39, 0.29) is 0 Å². The van der Waals surface area contributed by atoms with Crippen molar-refractivity contribution in [2.75, 3.05) is 30.4 Å². The van der Waals surface area contributed by atoms with E-state index < -0.39 is 0 Å². The molecule has 0 amide bonds. The van der Waals surface area contributed by atoms with E-state index in [0.717, 1.165) is 35.8 Å². The van der Waals surface area contributed by atoms with Gasteiger partial charge in [0.05, 0.1) is 11.4 Å². The number of hydrogen-bond donors (Lipinski definition) is 1. The largest absolute Gasteiger partial charge is 0.486 e. The summed E-state index contributed by atoms with van der Waals surface area (Å²) in [5.74, 6) is 1.61. The normalized spacial score (nSPS) is 22.4. The molecule has 0 bridgehead atoms. The van der Waals surface area contributed by atoms with Crippen LogP contribution in [0.25, 0.3) is 0 Å². The summed E-state index contributed by atoms with van der Waals surface area (Å²) in [4.78, 5) is 2.44. The third-order valence-electron chi connectivity index (χ3n) is 4.10. The first-order chi connectivity index (χ1) is 9.29. The summed E-state index contributed by atoms with van der Waals surface area (Å²) < 4.78 is 11.2. The summed E-state index contributed by atoms with van der Waals surface area (Å²) in [6.45, 7) is 4.56.